The van der Waals surface area contributed by atoms with E-state index in [1.54, 1.807) is 10.9 Å². The molecule has 0 radical (unpaired) electrons. The van der Waals surface area contributed by atoms with Crippen molar-refractivity contribution in [3.8, 4) is 0 Å². The standard InChI is InChI=1S/C15H21N3O/c1-11(2)12(3)16-8-9-18-10-17-14-7-5-4-6-13(14)15(18)19/h4-7,10-12,16H,8-9H2,1-3H3. The highest BCUT2D eigenvalue weighted by Gasteiger charge is 2.06. The van der Waals surface area contributed by atoms with Crippen LogP contribution in [0.25, 0.3) is 10.9 Å². The Bertz CT molecular complexity index is 604. The second-order valence-corrected chi connectivity index (χ2v) is 5.25. The first-order chi connectivity index (χ1) is 9.09. The van der Waals surface area contributed by atoms with E-state index in [9.17, 15) is 4.79 Å². The maximum atomic E-state index is 12.2. The smallest absolute Gasteiger partial charge is 0.261 e. The van der Waals surface area contributed by atoms with Crippen LogP contribution in [0.1, 0.15) is 20.8 Å². The number of benzene rings is 1. The minimum absolute atomic E-state index is 0.0320. The van der Waals surface area contributed by atoms with E-state index < -0.39 is 0 Å². The average molecular weight is 259 g/mol. The normalized spacial score (nSPS) is 13.1. The van der Waals surface area contributed by atoms with E-state index in [-0.39, 0.29) is 5.56 Å². The molecule has 0 aliphatic heterocycles. The largest absolute Gasteiger partial charge is 0.312 e. The molecule has 0 saturated carbocycles. The van der Waals surface area contributed by atoms with Gasteiger partial charge in [0.15, 0.2) is 0 Å². The Balaban J connectivity index is 2.09. The third kappa shape index (κ3) is 3.20. The molecule has 4 nitrogen and oxygen atoms in total. The molecule has 0 aliphatic carbocycles. The Morgan fingerprint density at radius 3 is 2.74 bits per heavy atom. The Labute approximate surface area is 113 Å². The number of hydrogen-bond donors (Lipinski definition) is 1. The number of nitrogens with zero attached hydrogens (tertiary/aromatic N) is 2. The van der Waals surface area contributed by atoms with E-state index in [1.165, 1.54) is 0 Å². The van der Waals surface area contributed by atoms with Gasteiger partial charge in [0.05, 0.1) is 17.2 Å². The third-order valence-corrected chi connectivity index (χ3v) is 3.55. The van der Waals surface area contributed by atoms with Gasteiger partial charge in [-0.05, 0) is 25.0 Å². The Morgan fingerprint density at radius 1 is 1.26 bits per heavy atom. The summed E-state index contributed by atoms with van der Waals surface area (Å²) in [5.41, 5.74) is 0.789. The van der Waals surface area contributed by atoms with Crippen LogP contribution in [0.15, 0.2) is 35.4 Å². The van der Waals surface area contributed by atoms with Gasteiger partial charge in [0.2, 0.25) is 0 Å². The topological polar surface area (TPSA) is 46.9 Å². The lowest BCUT2D eigenvalue weighted by molar-refractivity contribution is 0.415. The highest BCUT2D eigenvalue weighted by molar-refractivity contribution is 5.76. The van der Waals surface area contributed by atoms with Crippen LogP contribution >= 0.6 is 0 Å². The lowest BCUT2D eigenvalue weighted by Crippen LogP contribution is -2.35. The summed E-state index contributed by atoms with van der Waals surface area (Å²) in [7, 11) is 0. The number of hydrogen-bond acceptors (Lipinski definition) is 3. The van der Waals surface area contributed by atoms with Crippen molar-refractivity contribution in [1.29, 1.82) is 0 Å². The zero-order valence-corrected chi connectivity index (χ0v) is 11.8. The van der Waals surface area contributed by atoms with Crippen LogP contribution < -0.4 is 10.9 Å². The summed E-state index contributed by atoms with van der Waals surface area (Å²) in [6, 6.07) is 7.90. The molecule has 0 saturated heterocycles. The summed E-state index contributed by atoms with van der Waals surface area (Å²) in [6.07, 6.45) is 1.63. The van der Waals surface area contributed by atoms with Crippen LogP contribution in [0.2, 0.25) is 0 Å². The molecular formula is C15H21N3O. The molecule has 19 heavy (non-hydrogen) atoms. The minimum Gasteiger partial charge on any atom is -0.312 e. The van der Waals surface area contributed by atoms with E-state index in [0.717, 1.165) is 12.1 Å². The molecule has 0 spiro atoms. The third-order valence-electron chi connectivity index (χ3n) is 3.55. The zero-order valence-electron chi connectivity index (χ0n) is 11.8. The first kappa shape index (κ1) is 13.7. The summed E-state index contributed by atoms with van der Waals surface area (Å²) in [5, 5.41) is 4.10. The maximum Gasteiger partial charge on any atom is 0.261 e. The first-order valence-corrected chi connectivity index (χ1v) is 6.77. The molecule has 0 amide bonds. The fourth-order valence-corrected chi connectivity index (χ4v) is 1.91. The van der Waals surface area contributed by atoms with Crippen molar-refractivity contribution in [2.45, 2.75) is 33.4 Å². The van der Waals surface area contributed by atoms with Gasteiger partial charge in [0.1, 0.15) is 0 Å². The molecule has 0 bridgehead atoms. The van der Waals surface area contributed by atoms with Crippen molar-refractivity contribution in [2.75, 3.05) is 6.54 Å². The van der Waals surface area contributed by atoms with E-state index >= 15 is 0 Å². The highest BCUT2D eigenvalue weighted by Crippen LogP contribution is 2.04. The molecule has 0 fully saturated rings. The zero-order chi connectivity index (χ0) is 13.8. The van der Waals surface area contributed by atoms with Crippen LogP contribution in [0, 0.1) is 5.92 Å². The summed E-state index contributed by atoms with van der Waals surface area (Å²) in [6.45, 7) is 7.95. The monoisotopic (exact) mass is 259 g/mol. The van der Waals surface area contributed by atoms with Gasteiger partial charge >= 0.3 is 0 Å². The molecule has 1 heterocycles. The highest BCUT2D eigenvalue weighted by atomic mass is 16.1. The lowest BCUT2D eigenvalue weighted by Gasteiger charge is -2.17. The van der Waals surface area contributed by atoms with E-state index in [2.05, 4.69) is 31.1 Å². The van der Waals surface area contributed by atoms with E-state index in [1.807, 2.05) is 24.3 Å². The fraction of sp³-hybridized carbons (Fsp3) is 0.467. The molecule has 1 atom stereocenters. The summed E-state index contributed by atoms with van der Waals surface area (Å²) in [5.74, 6) is 0.589. The van der Waals surface area contributed by atoms with Gasteiger partial charge in [-0.25, -0.2) is 4.98 Å². The fourth-order valence-electron chi connectivity index (χ4n) is 1.91. The molecule has 4 heteroatoms. The van der Waals surface area contributed by atoms with Crippen LogP contribution in [0.3, 0.4) is 0 Å². The Kier molecular flexibility index (Phi) is 4.32. The van der Waals surface area contributed by atoms with E-state index in [4.69, 9.17) is 0 Å². The van der Waals surface area contributed by atoms with Gasteiger partial charge < -0.3 is 5.32 Å². The van der Waals surface area contributed by atoms with Gasteiger partial charge in [-0.1, -0.05) is 26.0 Å². The Morgan fingerprint density at radius 2 is 2.00 bits per heavy atom. The van der Waals surface area contributed by atoms with Gasteiger partial charge in [-0.2, -0.15) is 0 Å². The lowest BCUT2D eigenvalue weighted by atomic mass is 10.1. The molecule has 2 rings (SSSR count). The van der Waals surface area contributed by atoms with Crippen LogP contribution in [0.5, 0.6) is 0 Å². The number of aromatic nitrogens is 2. The SMILES string of the molecule is CC(C)C(C)NCCn1cnc2ccccc2c1=O. The van der Waals surface area contributed by atoms with E-state index in [0.29, 0.717) is 23.9 Å². The van der Waals surface area contributed by atoms with Crippen molar-refractivity contribution < 1.29 is 0 Å². The molecule has 1 aromatic carbocycles. The number of fused-ring (bicyclic) bond motifs is 1. The summed E-state index contributed by atoms with van der Waals surface area (Å²) < 4.78 is 1.67. The molecule has 0 aliphatic rings. The van der Waals surface area contributed by atoms with Crippen LogP contribution in [-0.4, -0.2) is 22.1 Å². The van der Waals surface area contributed by atoms with Gasteiger partial charge in [-0.3, -0.25) is 9.36 Å². The second kappa shape index (κ2) is 5.97. The second-order valence-electron chi connectivity index (χ2n) is 5.25. The van der Waals surface area contributed by atoms with Crippen molar-refractivity contribution in [3.05, 3.63) is 40.9 Å². The molecular weight excluding hydrogens is 238 g/mol. The van der Waals surface area contributed by atoms with Gasteiger partial charge in [-0.15, -0.1) is 0 Å². The van der Waals surface area contributed by atoms with Crippen molar-refractivity contribution >= 4 is 10.9 Å². The maximum absolute atomic E-state index is 12.2. The molecule has 102 valence electrons. The van der Waals surface area contributed by atoms with Crippen LogP contribution in [0.4, 0.5) is 0 Å². The first-order valence-electron chi connectivity index (χ1n) is 6.77. The predicted octanol–water partition coefficient (Wildman–Crippen LogP) is 2.03. The predicted molar refractivity (Wildman–Crippen MR) is 78.3 cm³/mol. The van der Waals surface area contributed by atoms with Gasteiger partial charge in [0, 0.05) is 19.1 Å². The summed E-state index contributed by atoms with van der Waals surface area (Å²) >= 11 is 0. The Hall–Kier alpha value is -1.68. The molecule has 1 aromatic heterocycles. The number of nitrogens with one attached hydrogen (secondary N) is 1. The van der Waals surface area contributed by atoms with Crippen molar-refractivity contribution in [2.24, 2.45) is 5.92 Å². The number of rotatable bonds is 5. The molecule has 1 unspecified atom stereocenters. The van der Waals surface area contributed by atoms with Crippen LogP contribution in [-0.2, 0) is 6.54 Å². The van der Waals surface area contributed by atoms with Crippen molar-refractivity contribution in [1.82, 2.24) is 14.9 Å². The summed E-state index contributed by atoms with van der Waals surface area (Å²) in [4.78, 5) is 16.5. The molecule has 1 N–H and O–H groups in total. The van der Waals surface area contributed by atoms with Gasteiger partial charge in [0.25, 0.3) is 5.56 Å². The number of para-hydroxylation sites is 1. The average Bonchev–Trinajstić information content (AvgIpc) is 2.41. The minimum atomic E-state index is 0.0320. The quantitative estimate of drug-likeness (QED) is 0.893. The van der Waals surface area contributed by atoms with Crippen molar-refractivity contribution in [3.63, 3.8) is 0 Å². The molecule has 2 aromatic rings.